The van der Waals surface area contributed by atoms with Crippen LogP contribution in [0.4, 0.5) is 0 Å². The molecular formula is C10H17NO3. The second-order valence-corrected chi connectivity index (χ2v) is 4.08. The van der Waals surface area contributed by atoms with Crippen molar-refractivity contribution in [2.24, 2.45) is 11.8 Å². The van der Waals surface area contributed by atoms with E-state index in [0.717, 1.165) is 19.3 Å². The number of carboxylic acids is 1. The molecule has 14 heavy (non-hydrogen) atoms. The summed E-state index contributed by atoms with van der Waals surface area (Å²) in [5, 5.41) is 11.3. The first-order valence-electron chi connectivity index (χ1n) is 5.09. The van der Waals surface area contributed by atoms with Crippen molar-refractivity contribution < 1.29 is 14.7 Å². The minimum Gasteiger partial charge on any atom is -0.481 e. The van der Waals surface area contributed by atoms with E-state index in [-0.39, 0.29) is 24.2 Å². The maximum atomic E-state index is 11.4. The standard InChI is InChI=1S/C10H17NO3/c1-7(5-9(12)13)6-11-10(14)8-3-2-4-8/h7-8H,2-6H2,1H3,(H,11,14)(H,12,13). The van der Waals surface area contributed by atoms with Crippen LogP contribution in [0.25, 0.3) is 0 Å². The van der Waals surface area contributed by atoms with Crippen LogP contribution in [0.5, 0.6) is 0 Å². The summed E-state index contributed by atoms with van der Waals surface area (Å²) in [6.07, 6.45) is 3.23. The molecule has 0 radical (unpaired) electrons. The zero-order valence-corrected chi connectivity index (χ0v) is 8.45. The van der Waals surface area contributed by atoms with Crippen LogP contribution < -0.4 is 5.32 Å². The minimum absolute atomic E-state index is 0.0107. The molecule has 0 aromatic heterocycles. The maximum Gasteiger partial charge on any atom is 0.303 e. The predicted molar refractivity (Wildman–Crippen MR) is 51.8 cm³/mol. The summed E-state index contributed by atoms with van der Waals surface area (Å²) < 4.78 is 0. The molecule has 0 aliphatic heterocycles. The van der Waals surface area contributed by atoms with Crippen LogP contribution >= 0.6 is 0 Å². The molecule has 0 aromatic carbocycles. The zero-order chi connectivity index (χ0) is 10.6. The van der Waals surface area contributed by atoms with Crippen LogP contribution in [0, 0.1) is 11.8 Å². The molecule has 0 saturated heterocycles. The van der Waals surface area contributed by atoms with Crippen molar-refractivity contribution >= 4 is 11.9 Å². The van der Waals surface area contributed by atoms with Gasteiger partial charge in [-0.15, -0.1) is 0 Å². The number of carbonyl (C=O) groups excluding carboxylic acids is 1. The number of rotatable bonds is 5. The van der Waals surface area contributed by atoms with Crippen molar-refractivity contribution in [1.82, 2.24) is 5.32 Å². The third-order valence-corrected chi connectivity index (χ3v) is 2.62. The molecule has 1 fully saturated rings. The first-order chi connectivity index (χ1) is 6.59. The Labute approximate surface area is 83.7 Å². The third kappa shape index (κ3) is 3.36. The molecule has 0 heterocycles. The van der Waals surface area contributed by atoms with Gasteiger partial charge in [-0.1, -0.05) is 13.3 Å². The van der Waals surface area contributed by atoms with Gasteiger partial charge in [-0.3, -0.25) is 9.59 Å². The van der Waals surface area contributed by atoms with Crippen molar-refractivity contribution in [3.05, 3.63) is 0 Å². The van der Waals surface area contributed by atoms with Gasteiger partial charge in [-0.05, 0) is 18.8 Å². The Morgan fingerprint density at radius 3 is 2.57 bits per heavy atom. The predicted octanol–water partition coefficient (Wildman–Crippen LogP) is 1.01. The number of nitrogens with one attached hydrogen (secondary N) is 1. The van der Waals surface area contributed by atoms with Crippen LogP contribution in [0.2, 0.25) is 0 Å². The lowest BCUT2D eigenvalue weighted by Crippen LogP contribution is -2.37. The van der Waals surface area contributed by atoms with E-state index in [0.29, 0.717) is 6.54 Å². The zero-order valence-electron chi connectivity index (χ0n) is 8.45. The van der Waals surface area contributed by atoms with Gasteiger partial charge >= 0.3 is 5.97 Å². The number of amides is 1. The molecule has 1 aliphatic rings. The summed E-state index contributed by atoms with van der Waals surface area (Å²) in [5.74, 6) is -0.521. The molecule has 0 aromatic rings. The molecule has 1 aliphatic carbocycles. The lowest BCUT2D eigenvalue weighted by Gasteiger charge is -2.24. The summed E-state index contributed by atoms with van der Waals surface area (Å²) in [4.78, 5) is 21.7. The fraction of sp³-hybridized carbons (Fsp3) is 0.800. The van der Waals surface area contributed by atoms with Gasteiger partial charge in [0.1, 0.15) is 0 Å². The highest BCUT2D eigenvalue weighted by Gasteiger charge is 2.25. The minimum atomic E-state index is -0.810. The third-order valence-electron chi connectivity index (χ3n) is 2.62. The number of hydrogen-bond acceptors (Lipinski definition) is 2. The van der Waals surface area contributed by atoms with Crippen LogP contribution in [-0.2, 0) is 9.59 Å². The molecular weight excluding hydrogens is 182 g/mol. The average molecular weight is 199 g/mol. The Balaban J connectivity index is 2.12. The molecule has 4 heteroatoms. The number of hydrogen-bond donors (Lipinski definition) is 2. The first-order valence-corrected chi connectivity index (χ1v) is 5.09. The summed E-state index contributed by atoms with van der Waals surface area (Å²) in [6.45, 7) is 2.30. The van der Waals surface area contributed by atoms with Crippen LogP contribution in [0.3, 0.4) is 0 Å². The van der Waals surface area contributed by atoms with Crippen molar-refractivity contribution in [2.45, 2.75) is 32.6 Å². The highest BCUT2D eigenvalue weighted by Crippen LogP contribution is 2.26. The summed E-state index contributed by atoms with van der Waals surface area (Å²) in [7, 11) is 0. The van der Waals surface area contributed by atoms with Crippen molar-refractivity contribution in [1.29, 1.82) is 0 Å². The molecule has 80 valence electrons. The van der Waals surface area contributed by atoms with Crippen LogP contribution in [-0.4, -0.2) is 23.5 Å². The summed E-state index contributed by atoms with van der Waals surface area (Å²) in [6, 6.07) is 0. The molecule has 2 N–H and O–H groups in total. The first kappa shape index (κ1) is 11.0. The second-order valence-electron chi connectivity index (χ2n) is 4.08. The Bertz CT molecular complexity index is 223. The van der Waals surface area contributed by atoms with Gasteiger partial charge in [0, 0.05) is 18.9 Å². The van der Waals surface area contributed by atoms with Gasteiger partial charge in [0.15, 0.2) is 0 Å². The molecule has 0 bridgehead atoms. The Kier molecular flexibility index (Phi) is 3.92. The molecule has 1 amide bonds. The lowest BCUT2D eigenvalue weighted by atomic mass is 9.85. The van der Waals surface area contributed by atoms with E-state index >= 15 is 0 Å². The smallest absolute Gasteiger partial charge is 0.303 e. The van der Waals surface area contributed by atoms with E-state index in [9.17, 15) is 9.59 Å². The number of aliphatic carboxylic acids is 1. The topological polar surface area (TPSA) is 66.4 Å². The Morgan fingerprint density at radius 2 is 2.14 bits per heavy atom. The van der Waals surface area contributed by atoms with Gasteiger partial charge in [-0.25, -0.2) is 0 Å². The highest BCUT2D eigenvalue weighted by atomic mass is 16.4. The maximum absolute atomic E-state index is 11.4. The van der Waals surface area contributed by atoms with E-state index in [1.54, 1.807) is 0 Å². The van der Waals surface area contributed by atoms with Crippen molar-refractivity contribution in [2.75, 3.05) is 6.54 Å². The number of carboxylic acid groups (broad SMARTS) is 1. The second kappa shape index (κ2) is 4.98. The van der Waals surface area contributed by atoms with Crippen LogP contribution in [0.15, 0.2) is 0 Å². The molecule has 0 spiro atoms. The molecule has 1 rings (SSSR count). The van der Waals surface area contributed by atoms with Crippen molar-refractivity contribution in [3.63, 3.8) is 0 Å². The van der Waals surface area contributed by atoms with Gasteiger partial charge in [0.25, 0.3) is 0 Å². The fourth-order valence-electron chi connectivity index (χ4n) is 1.46. The van der Waals surface area contributed by atoms with Gasteiger partial charge in [-0.2, -0.15) is 0 Å². The molecule has 4 nitrogen and oxygen atoms in total. The summed E-state index contributed by atoms with van der Waals surface area (Å²) >= 11 is 0. The van der Waals surface area contributed by atoms with Crippen molar-refractivity contribution in [3.8, 4) is 0 Å². The SMILES string of the molecule is CC(CNC(=O)C1CCC1)CC(=O)O. The largest absolute Gasteiger partial charge is 0.481 e. The van der Waals surface area contributed by atoms with E-state index in [4.69, 9.17) is 5.11 Å². The average Bonchev–Trinajstić information content (AvgIpc) is 1.96. The Morgan fingerprint density at radius 1 is 1.50 bits per heavy atom. The van der Waals surface area contributed by atoms with E-state index in [2.05, 4.69) is 5.32 Å². The van der Waals surface area contributed by atoms with Gasteiger partial charge in [0.2, 0.25) is 5.91 Å². The molecule has 1 saturated carbocycles. The van der Waals surface area contributed by atoms with E-state index in [1.807, 2.05) is 6.92 Å². The monoisotopic (exact) mass is 199 g/mol. The van der Waals surface area contributed by atoms with E-state index < -0.39 is 5.97 Å². The normalized spacial score (nSPS) is 18.4. The molecule has 1 unspecified atom stereocenters. The number of carbonyl (C=O) groups is 2. The van der Waals surface area contributed by atoms with Gasteiger partial charge < -0.3 is 10.4 Å². The fourth-order valence-corrected chi connectivity index (χ4v) is 1.46. The summed E-state index contributed by atoms with van der Waals surface area (Å²) in [5.41, 5.74) is 0. The molecule has 1 atom stereocenters. The quantitative estimate of drug-likeness (QED) is 0.694. The van der Waals surface area contributed by atoms with E-state index in [1.165, 1.54) is 0 Å². The van der Waals surface area contributed by atoms with Crippen LogP contribution in [0.1, 0.15) is 32.6 Å². The lowest BCUT2D eigenvalue weighted by molar-refractivity contribution is -0.138. The van der Waals surface area contributed by atoms with Gasteiger partial charge in [0.05, 0.1) is 0 Å². The highest BCUT2D eigenvalue weighted by molar-refractivity contribution is 5.79. The Hall–Kier alpha value is -1.06.